The number of amides is 1. The highest BCUT2D eigenvalue weighted by Crippen LogP contribution is 2.26. The minimum absolute atomic E-state index is 0.223. The van der Waals surface area contributed by atoms with Gasteiger partial charge in [0.2, 0.25) is 0 Å². The van der Waals surface area contributed by atoms with Crippen molar-refractivity contribution < 1.29 is 13.9 Å². The largest absolute Gasteiger partial charge is 0.496 e. The molecule has 4 nitrogen and oxygen atoms in total. The van der Waals surface area contributed by atoms with Crippen LogP contribution in [0.25, 0.3) is 10.6 Å². The number of nitrogens with zero attached hydrogens (tertiary/aromatic N) is 1. The second kappa shape index (κ2) is 7.44. The van der Waals surface area contributed by atoms with Gasteiger partial charge in [-0.15, -0.1) is 11.3 Å². The molecule has 0 fully saturated rings. The van der Waals surface area contributed by atoms with Crippen LogP contribution in [0.1, 0.15) is 29.0 Å². The molecule has 1 N–H and O–H groups in total. The first-order valence-electron chi connectivity index (χ1n) is 7.73. The summed E-state index contributed by atoms with van der Waals surface area (Å²) in [6.45, 7) is 1.89. The number of benzene rings is 2. The molecule has 1 aromatic heterocycles. The van der Waals surface area contributed by atoms with E-state index in [0.717, 1.165) is 16.9 Å². The van der Waals surface area contributed by atoms with Crippen molar-refractivity contribution >= 4 is 17.2 Å². The normalized spacial score (nSPS) is 11.8. The molecule has 6 heteroatoms. The number of hydrogen-bond donors (Lipinski definition) is 1. The van der Waals surface area contributed by atoms with Gasteiger partial charge in [0.1, 0.15) is 22.3 Å². The zero-order valence-electron chi connectivity index (χ0n) is 13.8. The number of methoxy groups -OCH3 is 1. The van der Waals surface area contributed by atoms with E-state index in [9.17, 15) is 9.18 Å². The van der Waals surface area contributed by atoms with Gasteiger partial charge in [0.05, 0.1) is 13.2 Å². The summed E-state index contributed by atoms with van der Waals surface area (Å²) in [6.07, 6.45) is 0. The molecule has 1 atom stereocenters. The molecule has 0 radical (unpaired) electrons. The van der Waals surface area contributed by atoms with Crippen LogP contribution >= 0.6 is 11.3 Å². The van der Waals surface area contributed by atoms with E-state index in [0.29, 0.717) is 10.7 Å². The number of para-hydroxylation sites is 1. The number of carbonyl (C=O) groups is 1. The quantitative estimate of drug-likeness (QED) is 0.735. The second-order valence-electron chi connectivity index (χ2n) is 5.48. The molecule has 25 heavy (non-hydrogen) atoms. The van der Waals surface area contributed by atoms with E-state index in [1.807, 2.05) is 31.2 Å². The van der Waals surface area contributed by atoms with Gasteiger partial charge in [0.15, 0.2) is 0 Å². The van der Waals surface area contributed by atoms with Crippen molar-refractivity contribution in [1.29, 1.82) is 0 Å². The Kier molecular flexibility index (Phi) is 5.09. The van der Waals surface area contributed by atoms with E-state index in [1.165, 1.54) is 23.5 Å². The van der Waals surface area contributed by atoms with Crippen LogP contribution in [0.5, 0.6) is 5.75 Å². The third kappa shape index (κ3) is 3.85. The number of ether oxygens (including phenoxy) is 1. The van der Waals surface area contributed by atoms with E-state index in [1.54, 1.807) is 24.6 Å². The van der Waals surface area contributed by atoms with Gasteiger partial charge in [0.25, 0.3) is 5.91 Å². The lowest BCUT2D eigenvalue weighted by molar-refractivity contribution is 0.0935. The number of nitrogens with one attached hydrogen (secondary N) is 1. The third-order valence-electron chi connectivity index (χ3n) is 3.78. The number of aromatic nitrogens is 1. The van der Waals surface area contributed by atoms with Crippen molar-refractivity contribution in [1.82, 2.24) is 10.3 Å². The number of rotatable bonds is 5. The van der Waals surface area contributed by atoms with Gasteiger partial charge < -0.3 is 10.1 Å². The Morgan fingerprint density at radius 1 is 1.20 bits per heavy atom. The van der Waals surface area contributed by atoms with E-state index in [4.69, 9.17) is 4.74 Å². The lowest BCUT2D eigenvalue weighted by Gasteiger charge is -2.16. The number of hydrogen-bond acceptors (Lipinski definition) is 4. The molecule has 0 aliphatic rings. The third-order valence-corrected chi connectivity index (χ3v) is 4.67. The molecule has 0 aliphatic heterocycles. The van der Waals surface area contributed by atoms with Crippen molar-refractivity contribution in [3.05, 3.63) is 71.0 Å². The fourth-order valence-corrected chi connectivity index (χ4v) is 3.28. The summed E-state index contributed by atoms with van der Waals surface area (Å²) in [5.41, 5.74) is 2.02. The molecule has 0 bridgehead atoms. The van der Waals surface area contributed by atoms with Gasteiger partial charge in [0, 0.05) is 16.5 Å². The predicted octanol–water partition coefficient (Wildman–Crippen LogP) is 4.45. The first kappa shape index (κ1) is 17.1. The Morgan fingerprint density at radius 3 is 2.64 bits per heavy atom. The van der Waals surface area contributed by atoms with Crippen molar-refractivity contribution in [2.75, 3.05) is 7.11 Å². The van der Waals surface area contributed by atoms with Crippen molar-refractivity contribution in [2.24, 2.45) is 0 Å². The molecule has 0 spiro atoms. The Labute approximate surface area is 149 Å². The van der Waals surface area contributed by atoms with Gasteiger partial charge in [-0.05, 0) is 37.3 Å². The Morgan fingerprint density at radius 2 is 1.92 bits per heavy atom. The maximum absolute atomic E-state index is 13.0. The van der Waals surface area contributed by atoms with Gasteiger partial charge in [-0.2, -0.15) is 0 Å². The van der Waals surface area contributed by atoms with Crippen LogP contribution in [0, 0.1) is 5.82 Å². The van der Waals surface area contributed by atoms with Crippen LogP contribution in [0.4, 0.5) is 4.39 Å². The summed E-state index contributed by atoms with van der Waals surface area (Å²) >= 11 is 1.35. The van der Waals surface area contributed by atoms with E-state index < -0.39 is 0 Å². The zero-order valence-corrected chi connectivity index (χ0v) is 14.6. The van der Waals surface area contributed by atoms with Gasteiger partial charge in [-0.1, -0.05) is 18.2 Å². The molecule has 1 unspecified atom stereocenters. The number of thiazole rings is 1. The van der Waals surface area contributed by atoms with Crippen LogP contribution in [0.15, 0.2) is 53.9 Å². The molecule has 1 amide bonds. The van der Waals surface area contributed by atoms with Gasteiger partial charge >= 0.3 is 0 Å². The van der Waals surface area contributed by atoms with E-state index in [2.05, 4.69) is 10.3 Å². The smallest absolute Gasteiger partial charge is 0.271 e. The van der Waals surface area contributed by atoms with Crippen LogP contribution in [0.2, 0.25) is 0 Å². The fourth-order valence-electron chi connectivity index (χ4n) is 2.48. The molecular formula is C19H17FN2O2S. The fraction of sp³-hybridized carbons (Fsp3) is 0.158. The number of halogens is 1. The zero-order chi connectivity index (χ0) is 17.8. The highest BCUT2D eigenvalue weighted by molar-refractivity contribution is 7.13. The minimum Gasteiger partial charge on any atom is -0.496 e. The Hall–Kier alpha value is -2.73. The van der Waals surface area contributed by atoms with E-state index in [-0.39, 0.29) is 17.8 Å². The monoisotopic (exact) mass is 356 g/mol. The predicted molar refractivity (Wildman–Crippen MR) is 96.4 cm³/mol. The van der Waals surface area contributed by atoms with Crippen LogP contribution < -0.4 is 10.1 Å². The lowest BCUT2D eigenvalue weighted by Crippen LogP contribution is -2.27. The molecule has 1 heterocycles. The average molecular weight is 356 g/mol. The lowest BCUT2D eigenvalue weighted by atomic mass is 10.1. The van der Waals surface area contributed by atoms with Crippen molar-refractivity contribution in [2.45, 2.75) is 13.0 Å². The standard InChI is InChI=1S/C19H17FN2O2S/c1-12(15-5-3-4-6-17(15)24-2)21-18(23)16-11-25-19(22-16)13-7-9-14(20)10-8-13/h3-12H,1-2H3,(H,21,23). The summed E-state index contributed by atoms with van der Waals surface area (Å²) < 4.78 is 18.3. The Bertz CT molecular complexity index is 877. The molecule has 0 saturated heterocycles. The molecule has 2 aromatic carbocycles. The molecule has 3 aromatic rings. The summed E-state index contributed by atoms with van der Waals surface area (Å²) in [4.78, 5) is 16.8. The summed E-state index contributed by atoms with van der Waals surface area (Å²) in [5.74, 6) is 0.160. The topological polar surface area (TPSA) is 51.2 Å². The highest BCUT2D eigenvalue weighted by atomic mass is 32.1. The highest BCUT2D eigenvalue weighted by Gasteiger charge is 2.17. The number of carbonyl (C=O) groups excluding carboxylic acids is 1. The average Bonchev–Trinajstić information content (AvgIpc) is 3.12. The molecular weight excluding hydrogens is 339 g/mol. The molecule has 3 rings (SSSR count). The first-order valence-corrected chi connectivity index (χ1v) is 8.61. The summed E-state index contributed by atoms with van der Waals surface area (Å²) in [7, 11) is 1.60. The van der Waals surface area contributed by atoms with Crippen LogP contribution in [-0.4, -0.2) is 18.0 Å². The minimum atomic E-state index is -0.302. The van der Waals surface area contributed by atoms with Gasteiger partial charge in [-0.25, -0.2) is 9.37 Å². The SMILES string of the molecule is COc1ccccc1C(C)NC(=O)c1csc(-c2ccc(F)cc2)n1. The molecule has 0 aliphatic carbocycles. The second-order valence-corrected chi connectivity index (χ2v) is 6.34. The Balaban J connectivity index is 1.74. The van der Waals surface area contributed by atoms with E-state index >= 15 is 0 Å². The summed E-state index contributed by atoms with van der Waals surface area (Å²) in [5, 5.41) is 5.30. The maximum Gasteiger partial charge on any atom is 0.271 e. The molecule has 0 saturated carbocycles. The summed E-state index contributed by atoms with van der Waals surface area (Å²) in [6, 6.07) is 13.4. The van der Waals surface area contributed by atoms with Gasteiger partial charge in [-0.3, -0.25) is 4.79 Å². The first-order chi connectivity index (χ1) is 12.1. The molecule has 128 valence electrons. The maximum atomic E-state index is 13.0. The van der Waals surface area contributed by atoms with Crippen LogP contribution in [-0.2, 0) is 0 Å². The van der Waals surface area contributed by atoms with Crippen LogP contribution in [0.3, 0.4) is 0 Å². The van der Waals surface area contributed by atoms with Crippen molar-refractivity contribution in [3.8, 4) is 16.3 Å². The van der Waals surface area contributed by atoms with Crippen molar-refractivity contribution in [3.63, 3.8) is 0 Å².